The first kappa shape index (κ1) is 18.0. The highest BCUT2D eigenvalue weighted by Gasteiger charge is 2.45. The van der Waals surface area contributed by atoms with Crippen LogP contribution in [0.5, 0.6) is 5.75 Å². The van der Waals surface area contributed by atoms with Gasteiger partial charge < -0.3 is 15.2 Å². The lowest BCUT2D eigenvalue weighted by molar-refractivity contribution is -0.157. The highest BCUT2D eigenvalue weighted by molar-refractivity contribution is 5.85. The predicted octanol–water partition coefficient (Wildman–Crippen LogP) is 3.62. The Labute approximate surface area is 153 Å². The quantitative estimate of drug-likeness (QED) is 0.797. The summed E-state index contributed by atoms with van der Waals surface area (Å²) >= 11 is 0. The van der Waals surface area contributed by atoms with Crippen LogP contribution in [0.25, 0.3) is 11.1 Å². The minimum absolute atomic E-state index is 0.0597. The zero-order valence-electron chi connectivity index (χ0n) is 14.8. The number of carboxylic acids is 1. The van der Waals surface area contributed by atoms with E-state index in [2.05, 4.69) is 5.32 Å². The van der Waals surface area contributed by atoms with Crippen molar-refractivity contribution in [3.8, 4) is 16.9 Å². The van der Waals surface area contributed by atoms with Crippen LogP contribution in [0.15, 0.2) is 48.5 Å². The van der Waals surface area contributed by atoms with Crippen molar-refractivity contribution in [3.05, 3.63) is 54.1 Å². The summed E-state index contributed by atoms with van der Waals surface area (Å²) in [4.78, 5) is 23.4. The first-order valence-electron chi connectivity index (χ1n) is 8.76. The number of hydrogen-bond donors (Lipinski definition) is 2. The van der Waals surface area contributed by atoms with Gasteiger partial charge in [-0.1, -0.05) is 42.8 Å². The molecule has 0 atom stereocenters. The summed E-state index contributed by atoms with van der Waals surface area (Å²) in [6, 6.07) is 15.8. The Morgan fingerprint density at radius 2 is 1.85 bits per heavy atom. The molecule has 5 heteroatoms. The van der Waals surface area contributed by atoms with E-state index in [9.17, 15) is 14.7 Å². The van der Waals surface area contributed by atoms with Crippen molar-refractivity contribution >= 4 is 11.9 Å². The highest BCUT2D eigenvalue weighted by Crippen LogP contribution is 2.44. The summed E-state index contributed by atoms with van der Waals surface area (Å²) in [5, 5.41) is 12.1. The normalized spacial score (nSPS) is 15.0. The second kappa shape index (κ2) is 7.60. The van der Waals surface area contributed by atoms with Crippen molar-refractivity contribution < 1.29 is 19.4 Å². The van der Waals surface area contributed by atoms with Gasteiger partial charge in [0.05, 0.1) is 12.5 Å². The Morgan fingerprint density at radius 3 is 2.42 bits per heavy atom. The molecule has 2 aromatic carbocycles. The van der Waals surface area contributed by atoms with Crippen molar-refractivity contribution in [1.82, 2.24) is 5.32 Å². The Bertz CT molecular complexity index is 794. The molecule has 1 fully saturated rings. The van der Waals surface area contributed by atoms with Gasteiger partial charge in [-0.05, 0) is 41.7 Å². The molecule has 0 spiro atoms. The topological polar surface area (TPSA) is 75.6 Å². The SMILES string of the molecule is COc1cccc(-c2ccc(CNC(=O)CC3(C(=O)O)CCC3)cc2)c1. The molecule has 0 aromatic heterocycles. The number of benzene rings is 2. The van der Waals surface area contributed by atoms with E-state index in [0.29, 0.717) is 19.4 Å². The van der Waals surface area contributed by atoms with Gasteiger partial charge in [0.25, 0.3) is 0 Å². The third kappa shape index (κ3) is 3.87. The molecule has 1 aliphatic rings. The maximum Gasteiger partial charge on any atom is 0.310 e. The summed E-state index contributed by atoms with van der Waals surface area (Å²) in [6.07, 6.45) is 2.12. The first-order valence-corrected chi connectivity index (χ1v) is 8.76. The second-order valence-electron chi connectivity index (χ2n) is 6.82. The zero-order valence-corrected chi connectivity index (χ0v) is 14.8. The molecule has 0 saturated heterocycles. The number of carbonyl (C=O) groups excluding carboxylic acids is 1. The Kier molecular flexibility index (Phi) is 5.26. The van der Waals surface area contributed by atoms with Gasteiger partial charge in [0.1, 0.15) is 5.75 Å². The zero-order chi connectivity index (χ0) is 18.6. The van der Waals surface area contributed by atoms with Gasteiger partial charge >= 0.3 is 5.97 Å². The van der Waals surface area contributed by atoms with Crippen molar-refractivity contribution in [2.75, 3.05) is 7.11 Å². The molecular weight excluding hydrogens is 330 g/mol. The van der Waals surface area contributed by atoms with Crippen LogP contribution < -0.4 is 10.1 Å². The predicted molar refractivity (Wildman–Crippen MR) is 98.8 cm³/mol. The van der Waals surface area contributed by atoms with E-state index in [1.54, 1.807) is 7.11 Å². The number of rotatable bonds is 7. The lowest BCUT2D eigenvalue weighted by atomic mass is 9.66. The van der Waals surface area contributed by atoms with Crippen LogP contribution in [0.1, 0.15) is 31.2 Å². The molecule has 0 heterocycles. The molecule has 5 nitrogen and oxygen atoms in total. The monoisotopic (exact) mass is 353 g/mol. The fourth-order valence-electron chi connectivity index (χ4n) is 3.26. The summed E-state index contributed by atoms with van der Waals surface area (Å²) < 4.78 is 5.25. The maximum atomic E-state index is 12.1. The average molecular weight is 353 g/mol. The lowest BCUT2D eigenvalue weighted by Crippen LogP contribution is -2.42. The Hall–Kier alpha value is -2.82. The average Bonchev–Trinajstić information content (AvgIpc) is 2.63. The van der Waals surface area contributed by atoms with Crippen LogP contribution in [-0.4, -0.2) is 24.1 Å². The molecule has 0 unspecified atom stereocenters. The molecule has 136 valence electrons. The number of nitrogens with one attached hydrogen (secondary N) is 1. The minimum Gasteiger partial charge on any atom is -0.497 e. The lowest BCUT2D eigenvalue weighted by Gasteiger charge is -2.36. The fourth-order valence-corrected chi connectivity index (χ4v) is 3.26. The smallest absolute Gasteiger partial charge is 0.310 e. The van der Waals surface area contributed by atoms with Crippen molar-refractivity contribution in [2.45, 2.75) is 32.2 Å². The van der Waals surface area contributed by atoms with Crippen LogP contribution in [0.2, 0.25) is 0 Å². The fraction of sp³-hybridized carbons (Fsp3) is 0.333. The number of amides is 1. The maximum absolute atomic E-state index is 12.1. The van der Waals surface area contributed by atoms with Gasteiger partial charge in [-0.25, -0.2) is 0 Å². The van der Waals surface area contributed by atoms with Crippen LogP contribution in [0.3, 0.4) is 0 Å². The van der Waals surface area contributed by atoms with E-state index < -0.39 is 11.4 Å². The summed E-state index contributed by atoms with van der Waals surface area (Å²) in [7, 11) is 1.64. The largest absolute Gasteiger partial charge is 0.497 e. The van der Waals surface area contributed by atoms with Crippen LogP contribution in [-0.2, 0) is 16.1 Å². The van der Waals surface area contributed by atoms with Crippen LogP contribution >= 0.6 is 0 Å². The standard InChI is InChI=1S/C21H23NO4/c1-26-18-5-2-4-17(12-18)16-8-6-15(7-9-16)14-22-19(23)13-21(20(24)25)10-3-11-21/h2,4-9,12H,3,10-11,13-14H2,1H3,(H,22,23)(H,24,25). The molecule has 26 heavy (non-hydrogen) atoms. The van der Waals surface area contributed by atoms with Crippen molar-refractivity contribution in [1.29, 1.82) is 0 Å². The summed E-state index contributed by atoms with van der Waals surface area (Å²) in [5.74, 6) is -0.257. The molecule has 0 bridgehead atoms. The van der Waals surface area contributed by atoms with Crippen LogP contribution in [0, 0.1) is 5.41 Å². The van der Waals surface area contributed by atoms with Gasteiger partial charge in [0, 0.05) is 13.0 Å². The molecule has 1 amide bonds. The molecule has 3 rings (SSSR count). The van der Waals surface area contributed by atoms with Gasteiger partial charge in [0.2, 0.25) is 5.91 Å². The number of carboxylic acid groups (broad SMARTS) is 1. The van der Waals surface area contributed by atoms with E-state index in [1.807, 2.05) is 48.5 Å². The van der Waals surface area contributed by atoms with E-state index >= 15 is 0 Å². The van der Waals surface area contributed by atoms with E-state index in [0.717, 1.165) is 28.9 Å². The van der Waals surface area contributed by atoms with Gasteiger partial charge in [0.15, 0.2) is 0 Å². The molecule has 0 radical (unpaired) electrons. The number of hydrogen-bond acceptors (Lipinski definition) is 3. The number of aliphatic carboxylic acids is 1. The Morgan fingerprint density at radius 1 is 1.12 bits per heavy atom. The molecule has 1 saturated carbocycles. The second-order valence-corrected chi connectivity index (χ2v) is 6.82. The molecule has 1 aliphatic carbocycles. The van der Waals surface area contributed by atoms with Crippen LogP contribution in [0.4, 0.5) is 0 Å². The first-order chi connectivity index (χ1) is 12.5. The third-order valence-corrected chi connectivity index (χ3v) is 5.11. The minimum atomic E-state index is -0.860. The highest BCUT2D eigenvalue weighted by atomic mass is 16.5. The van der Waals surface area contributed by atoms with Gasteiger partial charge in [-0.15, -0.1) is 0 Å². The van der Waals surface area contributed by atoms with Gasteiger partial charge in [-0.2, -0.15) is 0 Å². The van der Waals surface area contributed by atoms with E-state index in [-0.39, 0.29) is 12.3 Å². The van der Waals surface area contributed by atoms with E-state index in [1.165, 1.54) is 0 Å². The van der Waals surface area contributed by atoms with Crippen molar-refractivity contribution in [3.63, 3.8) is 0 Å². The Balaban J connectivity index is 1.57. The van der Waals surface area contributed by atoms with Crippen molar-refractivity contribution in [2.24, 2.45) is 5.41 Å². The number of methoxy groups -OCH3 is 1. The third-order valence-electron chi connectivity index (χ3n) is 5.11. The van der Waals surface area contributed by atoms with Gasteiger partial charge in [-0.3, -0.25) is 9.59 Å². The summed E-state index contributed by atoms with van der Waals surface area (Å²) in [5.41, 5.74) is 2.26. The summed E-state index contributed by atoms with van der Waals surface area (Å²) in [6.45, 7) is 0.396. The number of ether oxygens (including phenoxy) is 1. The van der Waals surface area contributed by atoms with E-state index in [4.69, 9.17) is 4.74 Å². The molecule has 0 aliphatic heterocycles. The molecular formula is C21H23NO4. The number of carbonyl (C=O) groups is 2. The molecule has 2 N–H and O–H groups in total. The molecule has 2 aromatic rings.